The first-order valence-electron chi connectivity index (χ1n) is 10.3. The lowest BCUT2D eigenvalue weighted by atomic mass is 10.1. The lowest BCUT2D eigenvalue weighted by Crippen LogP contribution is -2.18. The number of nitrogens with one attached hydrogen (secondary N) is 2. The first kappa shape index (κ1) is 23.3. The van der Waals surface area contributed by atoms with Crippen LogP contribution in [0.1, 0.15) is 39.8 Å². The zero-order valence-electron chi connectivity index (χ0n) is 18.3. The number of hydrogen-bond donors (Lipinski definition) is 3. The molecule has 8 nitrogen and oxygen atoms in total. The third-order valence-electron chi connectivity index (χ3n) is 4.43. The van der Waals surface area contributed by atoms with E-state index in [1.807, 2.05) is 49.3 Å². The second kappa shape index (κ2) is 11.9. The Morgan fingerprint density at radius 3 is 2.83 bits per heavy atom. The van der Waals surface area contributed by atoms with E-state index < -0.39 is 0 Å². The molecule has 1 atom stereocenters. The molecule has 0 radical (unpaired) electrons. The highest BCUT2D eigenvalue weighted by atomic mass is 16.3. The van der Waals surface area contributed by atoms with Crippen molar-refractivity contribution in [1.82, 2.24) is 15.2 Å². The SMILES string of the molecule is C=N/C(=N\C=C/CN(CC)/N=C\C(C)CCO)c1n[nH]c2ccc(NC(C)C)cc12. The molecule has 0 fully saturated rings. The van der Waals surface area contributed by atoms with Crippen LogP contribution in [0.25, 0.3) is 10.9 Å². The number of rotatable bonds is 11. The highest BCUT2D eigenvalue weighted by Gasteiger charge is 2.11. The van der Waals surface area contributed by atoms with Gasteiger partial charge >= 0.3 is 0 Å². The molecule has 0 saturated carbocycles. The minimum Gasteiger partial charge on any atom is -0.396 e. The average molecular weight is 412 g/mol. The number of aliphatic hydroxyl groups is 1. The zero-order chi connectivity index (χ0) is 21.9. The summed E-state index contributed by atoms with van der Waals surface area (Å²) in [5.74, 6) is 0.702. The second-order valence-corrected chi connectivity index (χ2v) is 7.39. The summed E-state index contributed by atoms with van der Waals surface area (Å²) < 4.78 is 0. The fourth-order valence-corrected chi connectivity index (χ4v) is 2.82. The Balaban J connectivity index is 2.12. The van der Waals surface area contributed by atoms with Gasteiger partial charge in [0.15, 0.2) is 5.84 Å². The largest absolute Gasteiger partial charge is 0.396 e. The van der Waals surface area contributed by atoms with Gasteiger partial charge in [-0.1, -0.05) is 6.92 Å². The topological polar surface area (TPSA) is 101 Å². The van der Waals surface area contributed by atoms with Gasteiger partial charge in [0.2, 0.25) is 0 Å². The van der Waals surface area contributed by atoms with Crippen molar-refractivity contribution in [1.29, 1.82) is 0 Å². The van der Waals surface area contributed by atoms with Crippen LogP contribution in [0.15, 0.2) is 45.6 Å². The Kier molecular flexibility index (Phi) is 9.21. The summed E-state index contributed by atoms with van der Waals surface area (Å²) >= 11 is 0. The number of hydrogen-bond acceptors (Lipinski definition) is 6. The smallest absolute Gasteiger partial charge is 0.180 e. The molecular weight excluding hydrogens is 378 g/mol. The molecule has 1 unspecified atom stereocenters. The van der Waals surface area contributed by atoms with E-state index in [1.165, 1.54) is 0 Å². The zero-order valence-corrected chi connectivity index (χ0v) is 18.3. The van der Waals surface area contributed by atoms with Gasteiger partial charge < -0.3 is 10.4 Å². The minimum atomic E-state index is 0.169. The number of benzene rings is 1. The van der Waals surface area contributed by atoms with Crippen LogP contribution in [0.3, 0.4) is 0 Å². The van der Waals surface area contributed by atoms with E-state index in [0.29, 0.717) is 30.5 Å². The van der Waals surface area contributed by atoms with E-state index in [9.17, 15) is 0 Å². The molecule has 1 heterocycles. The molecule has 0 saturated heterocycles. The first-order valence-corrected chi connectivity index (χ1v) is 10.3. The van der Waals surface area contributed by atoms with Crippen LogP contribution < -0.4 is 5.32 Å². The van der Waals surface area contributed by atoms with Crippen molar-refractivity contribution in [3.05, 3.63) is 36.2 Å². The standard InChI is InChI=1S/C22H33N7O/c1-6-29(25-15-17(4)10-13-30)12-7-11-24-22(23-5)21-19-14-18(26-16(2)3)8-9-20(19)27-28-21/h7-9,11,14-17,26,30H,5-6,10,12-13H2,1-4H3,(H,27,28)/b11-7-,24-22-,25-15-. The molecule has 162 valence electrons. The molecule has 0 aliphatic rings. The van der Waals surface area contributed by atoms with Gasteiger partial charge in [-0.05, 0) is 64.1 Å². The van der Waals surface area contributed by atoms with Gasteiger partial charge in [0, 0.05) is 42.7 Å². The lowest BCUT2D eigenvalue weighted by Gasteiger charge is -2.15. The number of aliphatic imine (C=N–C) groups is 2. The Morgan fingerprint density at radius 1 is 1.37 bits per heavy atom. The van der Waals surface area contributed by atoms with E-state index in [1.54, 1.807) is 6.20 Å². The van der Waals surface area contributed by atoms with Gasteiger partial charge in [0.1, 0.15) is 5.69 Å². The van der Waals surface area contributed by atoms with Crippen LogP contribution in [-0.2, 0) is 0 Å². The maximum absolute atomic E-state index is 8.98. The van der Waals surface area contributed by atoms with Crippen LogP contribution in [0.5, 0.6) is 0 Å². The number of aromatic amines is 1. The number of fused-ring (bicyclic) bond motifs is 1. The number of anilines is 1. The third-order valence-corrected chi connectivity index (χ3v) is 4.43. The van der Waals surface area contributed by atoms with E-state index in [0.717, 1.165) is 23.1 Å². The first-order chi connectivity index (χ1) is 14.5. The number of likely N-dealkylation sites (N-methyl/N-ethyl adjacent to an activating group) is 1. The van der Waals surface area contributed by atoms with Crippen LogP contribution in [0.4, 0.5) is 5.69 Å². The van der Waals surface area contributed by atoms with E-state index in [2.05, 4.69) is 51.2 Å². The Morgan fingerprint density at radius 2 is 2.17 bits per heavy atom. The molecule has 0 aliphatic heterocycles. The summed E-state index contributed by atoms with van der Waals surface area (Å²) in [7, 11) is 0. The van der Waals surface area contributed by atoms with Crippen molar-refractivity contribution in [2.24, 2.45) is 21.0 Å². The Bertz CT molecular complexity index is 898. The summed E-state index contributed by atoms with van der Waals surface area (Å²) in [5, 5.41) is 27.1. The Labute approximate surface area is 178 Å². The molecular formula is C22H33N7O. The molecule has 0 amide bonds. The fourth-order valence-electron chi connectivity index (χ4n) is 2.82. The number of aromatic nitrogens is 2. The van der Waals surface area contributed by atoms with Crippen molar-refractivity contribution < 1.29 is 5.11 Å². The summed E-state index contributed by atoms with van der Waals surface area (Å²) in [4.78, 5) is 8.52. The number of H-pyrrole nitrogens is 1. The summed E-state index contributed by atoms with van der Waals surface area (Å²) in [6, 6.07) is 6.38. The van der Waals surface area contributed by atoms with Crippen molar-refractivity contribution in [2.75, 3.05) is 25.0 Å². The monoisotopic (exact) mass is 411 g/mol. The number of aliphatic hydroxyl groups excluding tert-OH is 1. The molecule has 8 heteroatoms. The van der Waals surface area contributed by atoms with E-state index >= 15 is 0 Å². The summed E-state index contributed by atoms with van der Waals surface area (Å²) in [6.45, 7) is 13.5. The maximum Gasteiger partial charge on any atom is 0.180 e. The molecule has 1 aromatic heterocycles. The molecule has 2 rings (SSSR count). The van der Waals surface area contributed by atoms with Crippen molar-refractivity contribution in [3.63, 3.8) is 0 Å². The molecule has 0 spiro atoms. The van der Waals surface area contributed by atoms with Crippen LogP contribution in [0, 0.1) is 5.92 Å². The van der Waals surface area contributed by atoms with Gasteiger partial charge in [0.05, 0.1) is 12.1 Å². The van der Waals surface area contributed by atoms with Gasteiger partial charge in [-0.2, -0.15) is 10.2 Å². The molecule has 1 aromatic carbocycles. The number of nitrogens with zero attached hydrogens (tertiary/aromatic N) is 5. The molecule has 0 aliphatic carbocycles. The quantitative estimate of drug-likeness (QED) is 0.298. The summed E-state index contributed by atoms with van der Waals surface area (Å²) in [6.07, 6.45) is 6.20. The van der Waals surface area contributed by atoms with Crippen LogP contribution >= 0.6 is 0 Å². The highest BCUT2D eigenvalue weighted by molar-refractivity contribution is 6.10. The predicted molar refractivity (Wildman–Crippen MR) is 127 cm³/mol. The molecule has 30 heavy (non-hydrogen) atoms. The Hall–Kier alpha value is -3.00. The highest BCUT2D eigenvalue weighted by Crippen LogP contribution is 2.22. The minimum absolute atomic E-state index is 0.169. The number of hydrazone groups is 1. The van der Waals surface area contributed by atoms with E-state index in [4.69, 9.17) is 5.11 Å². The van der Waals surface area contributed by atoms with Crippen molar-refractivity contribution in [2.45, 2.75) is 40.2 Å². The van der Waals surface area contributed by atoms with Gasteiger partial charge in [-0.25, -0.2) is 9.98 Å². The van der Waals surface area contributed by atoms with Crippen LogP contribution in [-0.4, -0.2) is 64.8 Å². The van der Waals surface area contributed by atoms with Crippen molar-refractivity contribution in [3.8, 4) is 0 Å². The maximum atomic E-state index is 8.98. The predicted octanol–water partition coefficient (Wildman–Crippen LogP) is 3.67. The average Bonchev–Trinajstić information content (AvgIpc) is 3.13. The lowest BCUT2D eigenvalue weighted by molar-refractivity contribution is 0.276. The molecule has 2 aromatic rings. The third kappa shape index (κ3) is 6.81. The molecule has 0 bridgehead atoms. The fraction of sp³-hybridized carbons (Fsp3) is 0.455. The van der Waals surface area contributed by atoms with Gasteiger partial charge in [-0.15, -0.1) is 0 Å². The molecule has 3 N–H and O–H groups in total. The van der Waals surface area contributed by atoms with Gasteiger partial charge in [-0.3, -0.25) is 10.1 Å². The second-order valence-electron chi connectivity index (χ2n) is 7.39. The number of amidine groups is 1. The normalized spacial score (nSPS) is 13.6. The summed E-state index contributed by atoms with van der Waals surface area (Å²) in [5.41, 5.74) is 2.61. The van der Waals surface area contributed by atoms with Crippen LogP contribution in [0.2, 0.25) is 0 Å². The van der Waals surface area contributed by atoms with E-state index in [-0.39, 0.29) is 12.5 Å². The van der Waals surface area contributed by atoms with Crippen molar-refractivity contribution >= 4 is 35.4 Å². The van der Waals surface area contributed by atoms with Gasteiger partial charge in [0.25, 0.3) is 0 Å².